The molecule has 1 heterocycles. The third-order valence-corrected chi connectivity index (χ3v) is 1.86. The van der Waals surface area contributed by atoms with Crippen LogP contribution in [-0.2, 0) is 11.4 Å². The van der Waals surface area contributed by atoms with Crippen molar-refractivity contribution in [3.05, 3.63) is 27.5 Å². The van der Waals surface area contributed by atoms with E-state index in [1.54, 1.807) is 0 Å². The molecule has 0 spiro atoms. The molecule has 1 aromatic rings. The van der Waals surface area contributed by atoms with E-state index in [2.05, 4.69) is 9.47 Å². The van der Waals surface area contributed by atoms with Gasteiger partial charge in [0.05, 0.1) is 12.7 Å². The average molecular weight is 269 g/mol. The fourth-order valence-electron chi connectivity index (χ4n) is 1.15. The largest absolute Gasteiger partial charge is 0.574 e. The Bertz CT molecular complexity index is 508. The number of alkyl halides is 4. The maximum Gasteiger partial charge on any atom is 0.574 e. The summed E-state index contributed by atoms with van der Waals surface area (Å²) in [6.45, 7) is -1.33. The van der Waals surface area contributed by atoms with Crippen molar-refractivity contribution >= 4 is 5.97 Å². The van der Waals surface area contributed by atoms with Crippen LogP contribution in [0.25, 0.3) is 0 Å². The monoisotopic (exact) mass is 269 g/mol. The highest BCUT2D eigenvalue weighted by molar-refractivity contribution is 5.88. The van der Waals surface area contributed by atoms with Crippen LogP contribution in [0.3, 0.4) is 0 Å². The second-order valence-corrected chi connectivity index (χ2v) is 3.02. The van der Waals surface area contributed by atoms with Crippen molar-refractivity contribution in [1.29, 1.82) is 0 Å². The second-order valence-electron chi connectivity index (χ2n) is 3.02. The molecule has 0 saturated carbocycles. The first-order valence-electron chi connectivity index (χ1n) is 4.44. The molecule has 0 aliphatic carbocycles. The van der Waals surface area contributed by atoms with Crippen molar-refractivity contribution in [2.24, 2.45) is 0 Å². The fourth-order valence-corrected chi connectivity index (χ4v) is 1.15. The topological polar surface area (TPSA) is 68.4 Å². The maximum atomic E-state index is 12.5. The van der Waals surface area contributed by atoms with Gasteiger partial charge in [0, 0.05) is 6.07 Å². The number of aromatic amines is 1. The lowest BCUT2D eigenvalue weighted by molar-refractivity contribution is -0.276. The number of esters is 1. The van der Waals surface area contributed by atoms with Crippen LogP contribution in [0.1, 0.15) is 16.1 Å². The summed E-state index contributed by atoms with van der Waals surface area (Å²) < 4.78 is 56.0. The lowest BCUT2D eigenvalue weighted by Gasteiger charge is -2.11. The van der Waals surface area contributed by atoms with Gasteiger partial charge in [-0.3, -0.25) is 4.79 Å². The van der Waals surface area contributed by atoms with Gasteiger partial charge in [-0.15, -0.1) is 13.2 Å². The number of nitrogens with one attached hydrogen (secondary N) is 1. The number of hydrogen-bond acceptors (Lipinski definition) is 4. The summed E-state index contributed by atoms with van der Waals surface area (Å²) in [7, 11) is 0.931. The van der Waals surface area contributed by atoms with Gasteiger partial charge >= 0.3 is 12.3 Å². The highest BCUT2D eigenvalue weighted by Crippen LogP contribution is 2.21. The number of carbonyl (C=O) groups excluding carboxylic acids is 1. The molecule has 1 rings (SSSR count). The van der Waals surface area contributed by atoms with Gasteiger partial charge in [0.1, 0.15) is 12.4 Å². The van der Waals surface area contributed by atoms with Gasteiger partial charge in [-0.05, 0) is 0 Å². The van der Waals surface area contributed by atoms with E-state index < -0.39 is 41.6 Å². The number of aromatic nitrogens is 1. The van der Waals surface area contributed by atoms with Crippen molar-refractivity contribution in [2.75, 3.05) is 7.11 Å². The normalized spacial score (nSPS) is 11.2. The Morgan fingerprint density at radius 3 is 2.50 bits per heavy atom. The van der Waals surface area contributed by atoms with Crippen molar-refractivity contribution in [1.82, 2.24) is 4.98 Å². The lowest BCUT2D eigenvalue weighted by Crippen LogP contribution is -2.23. The van der Waals surface area contributed by atoms with Crippen LogP contribution < -0.4 is 10.2 Å². The summed E-state index contributed by atoms with van der Waals surface area (Å²) in [6.07, 6.45) is -5.05. The summed E-state index contributed by atoms with van der Waals surface area (Å²) in [6, 6.07) is 0.398. The number of ether oxygens (including phenoxy) is 2. The zero-order valence-corrected chi connectivity index (χ0v) is 8.93. The van der Waals surface area contributed by atoms with Crippen LogP contribution in [0.15, 0.2) is 10.9 Å². The summed E-state index contributed by atoms with van der Waals surface area (Å²) >= 11 is 0. The molecule has 5 nitrogen and oxygen atoms in total. The van der Waals surface area contributed by atoms with E-state index in [1.807, 2.05) is 4.98 Å². The summed E-state index contributed by atoms with van der Waals surface area (Å²) in [4.78, 5) is 24.3. The SMILES string of the molecule is COC(=O)c1[nH]c(OC(F)(F)F)cc(=O)c1CF. The molecule has 9 heteroatoms. The van der Waals surface area contributed by atoms with Crippen molar-refractivity contribution in [3.63, 3.8) is 0 Å². The predicted octanol–water partition coefficient (Wildman–Crippen LogP) is 1.53. The first-order valence-corrected chi connectivity index (χ1v) is 4.44. The van der Waals surface area contributed by atoms with Gasteiger partial charge in [0.2, 0.25) is 5.88 Å². The molecule has 0 aromatic carbocycles. The summed E-state index contributed by atoms with van der Waals surface area (Å²) in [5.41, 5.74) is -2.45. The highest BCUT2D eigenvalue weighted by atomic mass is 19.4. The van der Waals surface area contributed by atoms with Gasteiger partial charge in [0.15, 0.2) is 5.43 Å². The van der Waals surface area contributed by atoms with Crippen molar-refractivity contribution < 1.29 is 31.8 Å². The first kappa shape index (κ1) is 14.0. The number of pyridine rings is 1. The van der Waals surface area contributed by atoms with Crippen LogP contribution in [-0.4, -0.2) is 24.4 Å². The molecule has 0 bridgehead atoms. The molecule has 0 saturated heterocycles. The number of hydrogen-bond donors (Lipinski definition) is 1. The minimum absolute atomic E-state index is 0.398. The molecule has 1 aromatic heterocycles. The van der Waals surface area contributed by atoms with Gasteiger partial charge in [-0.2, -0.15) is 0 Å². The van der Waals surface area contributed by atoms with Crippen molar-refractivity contribution in [2.45, 2.75) is 13.0 Å². The van der Waals surface area contributed by atoms with Crippen LogP contribution >= 0.6 is 0 Å². The van der Waals surface area contributed by atoms with Gasteiger partial charge in [-0.1, -0.05) is 0 Å². The molecule has 0 fully saturated rings. The predicted molar refractivity (Wildman–Crippen MR) is 49.9 cm³/mol. The smallest absolute Gasteiger partial charge is 0.464 e. The minimum atomic E-state index is -5.05. The van der Waals surface area contributed by atoms with E-state index in [0.29, 0.717) is 6.07 Å². The van der Waals surface area contributed by atoms with E-state index in [0.717, 1.165) is 7.11 Å². The van der Waals surface area contributed by atoms with E-state index in [-0.39, 0.29) is 0 Å². The van der Waals surface area contributed by atoms with Crippen LogP contribution in [0.2, 0.25) is 0 Å². The Hall–Kier alpha value is -2.06. The third-order valence-electron chi connectivity index (χ3n) is 1.86. The Kier molecular flexibility index (Phi) is 3.94. The zero-order valence-electron chi connectivity index (χ0n) is 8.93. The number of H-pyrrole nitrogens is 1. The third kappa shape index (κ3) is 3.22. The molecule has 100 valence electrons. The minimum Gasteiger partial charge on any atom is -0.464 e. The summed E-state index contributed by atoms with van der Waals surface area (Å²) in [5.74, 6) is -2.20. The molecule has 0 radical (unpaired) electrons. The van der Waals surface area contributed by atoms with E-state index in [9.17, 15) is 27.2 Å². The van der Waals surface area contributed by atoms with E-state index in [4.69, 9.17) is 0 Å². The molecule has 1 N–H and O–H groups in total. The molecule has 0 unspecified atom stereocenters. The Labute approximate surface area is 97.3 Å². The Morgan fingerprint density at radius 2 is 2.06 bits per heavy atom. The highest BCUT2D eigenvalue weighted by Gasteiger charge is 2.32. The molecule has 0 aliphatic heterocycles. The fraction of sp³-hybridized carbons (Fsp3) is 0.333. The quantitative estimate of drug-likeness (QED) is 0.667. The molecular weight excluding hydrogens is 262 g/mol. The van der Waals surface area contributed by atoms with Crippen LogP contribution in [0, 0.1) is 0 Å². The number of halogens is 4. The standard InChI is InChI=1S/C9H7F4NO4/c1-17-8(16)7-4(3-10)5(15)2-6(14-7)18-9(11,12)13/h2H,3H2,1H3,(H,14,15). The Morgan fingerprint density at radius 1 is 1.44 bits per heavy atom. The van der Waals surface area contributed by atoms with Gasteiger partial charge in [0.25, 0.3) is 0 Å². The van der Waals surface area contributed by atoms with E-state index >= 15 is 0 Å². The molecule has 0 amide bonds. The second kappa shape index (κ2) is 5.07. The van der Waals surface area contributed by atoms with Crippen molar-refractivity contribution in [3.8, 4) is 5.88 Å². The number of carbonyl (C=O) groups is 1. The summed E-state index contributed by atoms with van der Waals surface area (Å²) in [5, 5.41) is 0. The average Bonchev–Trinajstić information content (AvgIpc) is 2.25. The molecule has 0 aliphatic rings. The molecule has 0 atom stereocenters. The zero-order chi connectivity index (χ0) is 13.9. The number of methoxy groups -OCH3 is 1. The first-order chi connectivity index (χ1) is 8.28. The number of rotatable bonds is 3. The van der Waals surface area contributed by atoms with Gasteiger partial charge in [-0.25, -0.2) is 9.18 Å². The molecule has 18 heavy (non-hydrogen) atoms. The van der Waals surface area contributed by atoms with E-state index in [1.165, 1.54) is 0 Å². The van der Waals surface area contributed by atoms with Crippen LogP contribution in [0.4, 0.5) is 17.6 Å². The Balaban J connectivity index is 3.31. The maximum absolute atomic E-state index is 12.5. The molecular formula is C9H7F4NO4. The van der Waals surface area contributed by atoms with Gasteiger partial charge < -0.3 is 14.5 Å². The van der Waals surface area contributed by atoms with Crippen LogP contribution in [0.5, 0.6) is 5.88 Å². The lowest BCUT2D eigenvalue weighted by atomic mass is 10.2.